The zero-order chi connectivity index (χ0) is 27.2. The number of hydrogen-bond donors (Lipinski definition) is 1. The van der Waals surface area contributed by atoms with Crippen LogP contribution < -0.4 is 14.8 Å². The van der Waals surface area contributed by atoms with Gasteiger partial charge in [-0.3, -0.25) is 4.79 Å². The molecule has 1 N–H and O–H groups in total. The molecule has 1 aliphatic rings. The lowest BCUT2D eigenvalue weighted by Crippen LogP contribution is -2.30. The Morgan fingerprint density at radius 3 is 2.82 bits per heavy atom. The Labute approximate surface area is 231 Å². The lowest BCUT2D eigenvalue weighted by Gasteiger charge is -2.22. The summed E-state index contributed by atoms with van der Waals surface area (Å²) in [6.45, 7) is 5.99. The van der Waals surface area contributed by atoms with Crippen LogP contribution >= 0.6 is 23.2 Å². The standard InChI is InChI=1S/C27H30Cl2FN5O3/c1-4-24(36)35-10-5-6-17(9-11-35)38-23-14-18-21(15-22(23)37-13-12-34(2)3)31-16-32-27(18)33-20-8-7-19(28)25(29)26(20)30/h4,7-8,14-17H,1,5-6,9-13H2,2-3H3,(H,31,32,33)/t17-/m1/s1. The van der Waals surface area contributed by atoms with Crippen LogP contribution in [0.5, 0.6) is 11.5 Å². The van der Waals surface area contributed by atoms with Crippen molar-refractivity contribution in [2.45, 2.75) is 25.4 Å². The van der Waals surface area contributed by atoms with Crippen molar-refractivity contribution < 1.29 is 18.7 Å². The maximum absolute atomic E-state index is 14.8. The summed E-state index contributed by atoms with van der Waals surface area (Å²) < 4.78 is 27.3. The number of aromatic nitrogens is 2. The molecule has 1 aromatic heterocycles. The van der Waals surface area contributed by atoms with Gasteiger partial charge in [0.15, 0.2) is 17.3 Å². The summed E-state index contributed by atoms with van der Waals surface area (Å²) in [4.78, 5) is 24.6. The van der Waals surface area contributed by atoms with Crippen molar-refractivity contribution in [2.24, 2.45) is 0 Å². The van der Waals surface area contributed by atoms with Gasteiger partial charge in [0.2, 0.25) is 5.91 Å². The summed E-state index contributed by atoms with van der Waals surface area (Å²) in [6, 6.07) is 6.60. The zero-order valence-electron chi connectivity index (χ0n) is 21.3. The van der Waals surface area contributed by atoms with E-state index in [0.717, 1.165) is 12.8 Å². The number of ether oxygens (including phenoxy) is 2. The maximum Gasteiger partial charge on any atom is 0.245 e. The van der Waals surface area contributed by atoms with E-state index in [4.69, 9.17) is 32.7 Å². The fraction of sp³-hybridized carbons (Fsp3) is 0.370. The second-order valence-electron chi connectivity index (χ2n) is 9.24. The predicted molar refractivity (Wildman–Crippen MR) is 148 cm³/mol. The average Bonchev–Trinajstić information content (AvgIpc) is 3.14. The van der Waals surface area contributed by atoms with Gasteiger partial charge >= 0.3 is 0 Å². The van der Waals surface area contributed by atoms with Crippen molar-refractivity contribution in [1.29, 1.82) is 0 Å². The fourth-order valence-electron chi connectivity index (χ4n) is 4.17. The number of fused-ring (bicyclic) bond motifs is 1. The monoisotopic (exact) mass is 561 g/mol. The van der Waals surface area contributed by atoms with Crippen molar-refractivity contribution in [3.05, 3.63) is 59.1 Å². The molecule has 1 atom stereocenters. The largest absolute Gasteiger partial charge is 0.488 e. The van der Waals surface area contributed by atoms with E-state index >= 15 is 0 Å². The quantitative estimate of drug-likeness (QED) is 0.265. The van der Waals surface area contributed by atoms with Crippen molar-refractivity contribution in [2.75, 3.05) is 45.7 Å². The van der Waals surface area contributed by atoms with Crippen LogP contribution in [0.1, 0.15) is 19.3 Å². The zero-order valence-corrected chi connectivity index (χ0v) is 22.9. The number of halogens is 3. The van der Waals surface area contributed by atoms with E-state index in [0.29, 0.717) is 60.9 Å². The van der Waals surface area contributed by atoms with Crippen molar-refractivity contribution in [3.63, 3.8) is 0 Å². The van der Waals surface area contributed by atoms with Crippen LogP contribution in [0.25, 0.3) is 10.9 Å². The Hall–Kier alpha value is -3.14. The molecule has 0 radical (unpaired) electrons. The molecular weight excluding hydrogens is 532 g/mol. The molecule has 1 saturated heterocycles. The molecule has 0 saturated carbocycles. The molecule has 38 heavy (non-hydrogen) atoms. The van der Waals surface area contributed by atoms with E-state index in [1.165, 1.54) is 24.5 Å². The van der Waals surface area contributed by atoms with E-state index in [1.54, 1.807) is 17.0 Å². The third-order valence-electron chi connectivity index (χ3n) is 6.24. The lowest BCUT2D eigenvalue weighted by atomic mass is 10.1. The van der Waals surface area contributed by atoms with Crippen molar-refractivity contribution >= 4 is 51.5 Å². The summed E-state index contributed by atoms with van der Waals surface area (Å²) in [7, 11) is 3.94. The second kappa shape index (κ2) is 12.6. The Morgan fingerprint density at radius 2 is 2.05 bits per heavy atom. The number of nitrogens with zero attached hydrogens (tertiary/aromatic N) is 4. The minimum Gasteiger partial charge on any atom is -0.488 e. The Bertz CT molecular complexity index is 1320. The van der Waals surface area contributed by atoms with Gasteiger partial charge in [-0.2, -0.15) is 0 Å². The van der Waals surface area contributed by atoms with E-state index in [1.807, 2.05) is 19.0 Å². The van der Waals surface area contributed by atoms with Gasteiger partial charge in [-0.05, 0) is 51.2 Å². The van der Waals surface area contributed by atoms with Gasteiger partial charge in [-0.15, -0.1) is 0 Å². The summed E-state index contributed by atoms with van der Waals surface area (Å²) in [5, 5.41) is 3.56. The van der Waals surface area contributed by atoms with Gasteiger partial charge in [-0.1, -0.05) is 29.8 Å². The number of likely N-dealkylation sites (N-methyl/N-ethyl adjacent to an activating group) is 1. The molecule has 2 aromatic carbocycles. The Morgan fingerprint density at radius 1 is 1.24 bits per heavy atom. The SMILES string of the molecule is C=CC(=O)N1CCC[C@@H](Oc2cc3c(Nc4ccc(Cl)c(Cl)c4F)ncnc3cc2OCCN(C)C)CC1. The van der Waals surface area contributed by atoms with Crippen LogP contribution in [0.2, 0.25) is 10.0 Å². The first-order valence-corrected chi connectivity index (χ1v) is 13.1. The molecule has 1 amide bonds. The number of rotatable bonds is 9. The Kier molecular flexibility index (Phi) is 9.25. The van der Waals surface area contributed by atoms with E-state index in [9.17, 15) is 9.18 Å². The fourth-order valence-corrected chi connectivity index (χ4v) is 4.48. The van der Waals surface area contributed by atoms with Crippen LogP contribution in [-0.4, -0.2) is 72.1 Å². The first-order chi connectivity index (χ1) is 18.3. The highest BCUT2D eigenvalue weighted by molar-refractivity contribution is 6.42. The molecule has 0 unspecified atom stereocenters. The highest BCUT2D eigenvalue weighted by Crippen LogP contribution is 2.38. The normalized spacial score (nSPS) is 15.8. The van der Waals surface area contributed by atoms with Crippen LogP contribution in [0.4, 0.5) is 15.9 Å². The first-order valence-electron chi connectivity index (χ1n) is 12.3. The molecule has 3 aromatic rings. The minimum atomic E-state index is -0.678. The van der Waals surface area contributed by atoms with Gasteiger partial charge < -0.3 is 24.6 Å². The number of amides is 1. The third-order valence-corrected chi connectivity index (χ3v) is 7.02. The van der Waals surface area contributed by atoms with E-state index < -0.39 is 5.82 Å². The third kappa shape index (κ3) is 6.64. The average molecular weight is 562 g/mol. The maximum atomic E-state index is 14.8. The van der Waals surface area contributed by atoms with Gasteiger partial charge in [-0.25, -0.2) is 14.4 Å². The Balaban J connectivity index is 1.66. The summed E-state index contributed by atoms with van der Waals surface area (Å²) >= 11 is 11.9. The van der Waals surface area contributed by atoms with Gasteiger partial charge in [0.05, 0.1) is 21.2 Å². The molecule has 4 rings (SSSR count). The molecule has 1 fully saturated rings. The minimum absolute atomic E-state index is 0.0773. The smallest absolute Gasteiger partial charge is 0.245 e. The first kappa shape index (κ1) is 27.9. The molecule has 2 heterocycles. The molecule has 1 aliphatic heterocycles. The highest BCUT2D eigenvalue weighted by Gasteiger charge is 2.23. The van der Waals surface area contributed by atoms with Crippen LogP contribution in [0.3, 0.4) is 0 Å². The van der Waals surface area contributed by atoms with Gasteiger partial charge in [0, 0.05) is 37.5 Å². The van der Waals surface area contributed by atoms with Crippen LogP contribution in [-0.2, 0) is 4.79 Å². The van der Waals surface area contributed by atoms with Crippen LogP contribution in [0, 0.1) is 5.82 Å². The highest BCUT2D eigenvalue weighted by atomic mass is 35.5. The number of hydrogen-bond acceptors (Lipinski definition) is 7. The molecule has 0 bridgehead atoms. The molecule has 202 valence electrons. The number of nitrogens with one attached hydrogen (secondary N) is 1. The molecule has 11 heteroatoms. The number of likely N-dealkylation sites (tertiary alicyclic amines) is 1. The predicted octanol–water partition coefficient (Wildman–Crippen LogP) is 5.71. The van der Waals surface area contributed by atoms with Gasteiger partial charge in [0.1, 0.15) is 24.9 Å². The topological polar surface area (TPSA) is 79.8 Å². The summed E-state index contributed by atoms with van der Waals surface area (Å²) in [6.07, 6.45) is 4.86. The van der Waals surface area contributed by atoms with Gasteiger partial charge in [0.25, 0.3) is 0 Å². The van der Waals surface area contributed by atoms with Crippen molar-refractivity contribution in [3.8, 4) is 11.5 Å². The number of benzene rings is 2. The molecule has 8 nitrogen and oxygen atoms in total. The molecule has 0 aliphatic carbocycles. The molecular formula is C27H30Cl2FN5O3. The van der Waals surface area contributed by atoms with Crippen molar-refractivity contribution in [1.82, 2.24) is 19.8 Å². The van der Waals surface area contributed by atoms with Crippen LogP contribution in [0.15, 0.2) is 43.2 Å². The summed E-state index contributed by atoms with van der Waals surface area (Å²) in [5.74, 6) is 0.695. The number of carbonyl (C=O) groups is 1. The second-order valence-corrected chi connectivity index (χ2v) is 10.0. The lowest BCUT2D eigenvalue weighted by molar-refractivity contribution is -0.126. The molecule has 0 spiro atoms. The van der Waals surface area contributed by atoms with E-state index in [2.05, 4.69) is 21.9 Å². The number of carbonyl (C=O) groups excluding carboxylic acids is 1. The number of anilines is 2. The van der Waals surface area contributed by atoms with E-state index in [-0.39, 0.29) is 27.7 Å². The summed E-state index contributed by atoms with van der Waals surface area (Å²) in [5.41, 5.74) is 0.725.